The van der Waals surface area contributed by atoms with E-state index in [2.05, 4.69) is 4.99 Å². The number of hydrogen-bond acceptors (Lipinski definition) is 5. The van der Waals surface area contributed by atoms with Gasteiger partial charge < -0.3 is 9.64 Å². The Labute approximate surface area is 132 Å². The quantitative estimate of drug-likeness (QED) is 0.618. The van der Waals surface area contributed by atoms with Gasteiger partial charge in [-0.3, -0.25) is 4.79 Å². The number of amides is 1. The van der Waals surface area contributed by atoms with Crippen molar-refractivity contribution in [1.29, 1.82) is 0 Å². The molecule has 2 aliphatic heterocycles. The minimum atomic E-state index is -0.542. The van der Waals surface area contributed by atoms with Crippen LogP contribution in [-0.4, -0.2) is 42.8 Å². The molecule has 0 fully saturated rings. The molecule has 2 aliphatic rings. The first kappa shape index (κ1) is 15.4. The van der Waals surface area contributed by atoms with Gasteiger partial charge in [0.1, 0.15) is 17.9 Å². The van der Waals surface area contributed by atoms with Gasteiger partial charge >= 0.3 is 5.97 Å². The minimum absolute atomic E-state index is 0.163. The molecule has 0 spiro atoms. The molecule has 1 amide bonds. The second kappa shape index (κ2) is 5.58. The van der Waals surface area contributed by atoms with Gasteiger partial charge in [0.25, 0.3) is 12.2 Å². The number of halogens is 1. The van der Waals surface area contributed by atoms with Crippen LogP contribution < -0.4 is 4.90 Å². The van der Waals surface area contributed by atoms with Crippen LogP contribution in [0.1, 0.15) is 24.2 Å². The number of ether oxygens (including phenoxy) is 1. The number of esters is 1. The molecule has 119 valence electrons. The predicted octanol–water partition coefficient (Wildman–Crippen LogP) is 1.89. The summed E-state index contributed by atoms with van der Waals surface area (Å²) < 4.78 is 18.7. The summed E-state index contributed by atoms with van der Waals surface area (Å²) in [6.07, 6.45) is 1.18. The molecule has 1 radical (unpaired) electrons. The third-order valence-corrected chi connectivity index (χ3v) is 3.58. The third kappa shape index (κ3) is 2.63. The van der Waals surface area contributed by atoms with E-state index in [1.54, 1.807) is 25.8 Å². The first-order valence-corrected chi connectivity index (χ1v) is 7.21. The summed E-state index contributed by atoms with van der Waals surface area (Å²) in [6, 6.07) is 3.97. The van der Waals surface area contributed by atoms with Crippen LogP contribution in [-0.2, 0) is 9.53 Å². The molecule has 0 aliphatic carbocycles. The smallest absolute Gasteiger partial charge is 0.363 e. The fourth-order valence-electron chi connectivity index (χ4n) is 2.56. The topological polar surface area (TPSA) is 64.9 Å². The number of benzene rings is 1. The van der Waals surface area contributed by atoms with Gasteiger partial charge in [-0.15, -0.1) is 0 Å². The summed E-state index contributed by atoms with van der Waals surface area (Å²) in [5.41, 5.74) is 1.42. The zero-order valence-electron chi connectivity index (χ0n) is 13.0. The van der Waals surface area contributed by atoms with Crippen LogP contribution in [0.3, 0.4) is 0 Å². The molecule has 1 aromatic rings. The minimum Gasteiger partial charge on any atom is -0.458 e. The van der Waals surface area contributed by atoms with Gasteiger partial charge in [0.15, 0.2) is 0 Å². The van der Waals surface area contributed by atoms with E-state index in [0.29, 0.717) is 11.4 Å². The summed E-state index contributed by atoms with van der Waals surface area (Å²) in [6.45, 7) is 3.68. The maximum atomic E-state index is 13.5. The Bertz CT molecular complexity index is 755. The molecule has 3 rings (SSSR count). The fraction of sp³-hybridized carbons (Fsp3) is 0.312. The van der Waals surface area contributed by atoms with Gasteiger partial charge in [-0.1, -0.05) is 0 Å². The van der Waals surface area contributed by atoms with Crippen LogP contribution >= 0.6 is 0 Å². The molecule has 0 unspecified atom stereocenters. The highest BCUT2D eigenvalue weighted by atomic mass is 19.1. The molecule has 0 atom stereocenters. The van der Waals surface area contributed by atoms with Gasteiger partial charge in [-0.2, -0.15) is 4.99 Å². The number of carbonyl (C=O) groups is 2. The lowest BCUT2D eigenvalue weighted by Gasteiger charge is -2.12. The first-order valence-electron chi connectivity index (χ1n) is 7.21. The van der Waals surface area contributed by atoms with Crippen LogP contribution in [0.15, 0.2) is 34.6 Å². The molecular weight excluding hydrogens is 301 g/mol. The molecule has 0 saturated carbocycles. The fourth-order valence-corrected chi connectivity index (χ4v) is 2.56. The first-order chi connectivity index (χ1) is 10.9. The standard InChI is InChI=1S/C16H16FN3O3/c1-9(2)23-16(22)14-13-7-19(3)15(21)11-6-10(17)4-5-12(11)20(13)8-18-14/h4-6,8-9H,7H2,1-3H3/q+1. The Morgan fingerprint density at radius 1 is 1.43 bits per heavy atom. The second-order valence-electron chi connectivity index (χ2n) is 5.69. The number of fused-ring (bicyclic) bond motifs is 3. The monoisotopic (exact) mass is 317 g/mol. The highest BCUT2D eigenvalue weighted by molar-refractivity contribution is 6.04. The van der Waals surface area contributed by atoms with E-state index in [1.807, 2.05) is 0 Å². The van der Waals surface area contributed by atoms with E-state index >= 15 is 0 Å². The van der Waals surface area contributed by atoms with Crippen LogP contribution in [0.25, 0.3) is 0 Å². The van der Waals surface area contributed by atoms with Crippen LogP contribution in [0.2, 0.25) is 0 Å². The van der Waals surface area contributed by atoms with Gasteiger partial charge in [0, 0.05) is 13.1 Å². The van der Waals surface area contributed by atoms with Crippen molar-refractivity contribution in [3.05, 3.63) is 41.0 Å². The Kier molecular flexibility index (Phi) is 3.73. The maximum absolute atomic E-state index is 13.5. The van der Waals surface area contributed by atoms with Crippen molar-refractivity contribution >= 4 is 23.9 Å². The molecule has 23 heavy (non-hydrogen) atoms. The third-order valence-electron chi connectivity index (χ3n) is 3.58. The number of carbonyl (C=O) groups excluding carboxylic acids is 2. The SMILES string of the molecule is CC(C)OC(=O)C1=C2CN(C)C(=O)c3cc(F)ccc3[N+]2C=N1. The Hall–Kier alpha value is -2.54. The van der Waals surface area contributed by atoms with E-state index in [4.69, 9.17) is 4.74 Å². The van der Waals surface area contributed by atoms with Crippen molar-refractivity contribution in [2.75, 3.05) is 13.6 Å². The maximum Gasteiger partial charge on any atom is 0.363 e. The highest BCUT2D eigenvalue weighted by Crippen LogP contribution is 2.32. The largest absolute Gasteiger partial charge is 0.458 e. The van der Waals surface area contributed by atoms with Crippen molar-refractivity contribution in [2.24, 2.45) is 4.99 Å². The predicted molar refractivity (Wildman–Crippen MR) is 81.9 cm³/mol. The van der Waals surface area contributed by atoms with Crippen molar-refractivity contribution < 1.29 is 18.7 Å². The van der Waals surface area contributed by atoms with Gasteiger partial charge in [-0.05, 0) is 30.9 Å². The molecule has 0 N–H and O–H groups in total. The number of likely N-dealkylation sites (N-methyl/N-ethyl adjacent to an activating group) is 1. The lowest BCUT2D eigenvalue weighted by molar-refractivity contribution is -0.142. The van der Waals surface area contributed by atoms with Gasteiger partial charge in [0.2, 0.25) is 17.1 Å². The van der Waals surface area contributed by atoms with Crippen molar-refractivity contribution in [1.82, 2.24) is 9.80 Å². The lowest BCUT2D eigenvalue weighted by atomic mass is 10.1. The van der Waals surface area contributed by atoms with E-state index in [1.165, 1.54) is 29.4 Å². The molecule has 0 saturated heterocycles. The van der Waals surface area contributed by atoms with Crippen molar-refractivity contribution in [3.8, 4) is 0 Å². The Morgan fingerprint density at radius 3 is 2.87 bits per heavy atom. The lowest BCUT2D eigenvalue weighted by Crippen LogP contribution is -2.30. The molecular formula is C16H16FN3O3+. The summed E-state index contributed by atoms with van der Waals surface area (Å²) in [5, 5.41) is 0. The Morgan fingerprint density at radius 2 is 2.17 bits per heavy atom. The summed E-state index contributed by atoms with van der Waals surface area (Å²) >= 11 is 0. The van der Waals surface area contributed by atoms with E-state index < -0.39 is 11.8 Å². The van der Waals surface area contributed by atoms with Crippen molar-refractivity contribution in [2.45, 2.75) is 20.0 Å². The average Bonchev–Trinajstić information content (AvgIpc) is 2.85. The van der Waals surface area contributed by atoms with Gasteiger partial charge in [0.05, 0.1) is 6.10 Å². The van der Waals surface area contributed by atoms with E-state index in [0.717, 1.165) is 0 Å². The zero-order chi connectivity index (χ0) is 16.7. The number of aliphatic imine (C=N–C) groups is 1. The van der Waals surface area contributed by atoms with Crippen molar-refractivity contribution in [3.63, 3.8) is 0 Å². The van der Waals surface area contributed by atoms with Crippen LogP contribution in [0, 0.1) is 5.82 Å². The molecule has 1 aromatic carbocycles. The number of nitrogens with zero attached hydrogens (tertiary/aromatic N) is 3. The summed E-state index contributed by atoms with van der Waals surface area (Å²) in [7, 11) is 1.59. The number of rotatable bonds is 2. The zero-order valence-corrected chi connectivity index (χ0v) is 13.0. The highest BCUT2D eigenvalue weighted by Gasteiger charge is 2.43. The van der Waals surface area contributed by atoms with Crippen LogP contribution in [0.5, 0.6) is 0 Å². The second-order valence-corrected chi connectivity index (χ2v) is 5.69. The molecule has 0 aromatic heterocycles. The molecule has 2 heterocycles. The number of hydrogen-bond donors (Lipinski definition) is 0. The number of anilines is 1. The van der Waals surface area contributed by atoms with E-state index in [9.17, 15) is 14.0 Å². The van der Waals surface area contributed by atoms with Gasteiger partial charge in [-0.25, -0.2) is 9.18 Å². The summed E-state index contributed by atoms with van der Waals surface area (Å²) in [4.78, 5) is 31.8. The normalized spacial score (nSPS) is 17.4. The Balaban J connectivity index is 2.10. The molecule has 7 heteroatoms. The average molecular weight is 317 g/mol. The van der Waals surface area contributed by atoms with Crippen LogP contribution in [0.4, 0.5) is 10.1 Å². The molecule has 6 nitrogen and oxygen atoms in total. The van der Waals surface area contributed by atoms with E-state index in [-0.39, 0.29) is 29.8 Å². The molecule has 0 bridgehead atoms. The summed E-state index contributed by atoms with van der Waals surface area (Å²) in [5.74, 6) is -1.35.